The fourth-order valence-corrected chi connectivity index (χ4v) is 4.72. The van der Waals surface area contributed by atoms with Crippen LogP contribution in [0.15, 0.2) is 12.7 Å². The van der Waals surface area contributed by atoms with Gasteiger partial charge in [-0.2, -0.15) is 11.1 Å². The van der Waals surface area contributed by atoms with Crippen molar-refractivity contribution in [2.75, 3.05) is 0 Å². The molecule has 0 spiro atoms. The molecule has 0 aromatic rings. The Morgan fingerprint density at radius 3 is 1.65 bits per heavy atom. The molecule has 2 nitrogen and oxygen atoms in total. The second kappa shape index (κ2) is 16.9. The van der Waals surface area contributed by atoms with Gasteiger partial charge in [0.15, 0.2) is 0 Å². The zero-order valence-electron chi connectivity index (χ0n) is 17.7. The van der Waals surface area contributed by atoms with Crippen LogP contribution in [0.4, 0.5) is 0 Å². The van der Waals surface area contributed by atoms with E-state index in [9.17, 15) is 4.79 Å². The van der Waals surface area contributed by atoms with Gasteiger partial charge in [-0.3, -0.25) is 0 Å². The molecule has 0 fully saturated rings. The molecule has 0 aliphatic rings. The molecule has 0 rings (SSSR count). The van der Waals surface area contributed by atoms with Crippen molar-refractivity contribution in [3.63, 3.8) is 0 Å². The van der Waals surface area contributed by atoms with Crippen LogP contribution in [0.3, 0.4) is 0 Å². The van der Waals surface area contributed by atoms with Crippen molar-refractivity contribution in [2.24, 2.45) is 0 Å². The van der Waals surface area contributed by atoms with Crippen molar-refractivity contribution in [3.8, 4) is 0 Å². The van der Waals surface area contributed by atoms with E-state index in [-0.39, 0.29) is 12.1 Å². The molecule has 0 saturated heterocycles. The molecule has 0 N–H and O–H groups in total. The maximum Gasteiger partial charge on any atom is 0.330 e. The van der Waals surface area contributed by atoms with E-state index in [0.29, 0.717) is 0 Å². The molecule has 0 bridgehead atoms. The highest BCUT2D eigenvalue weighted by Gasteiger charge is 2.15. The molecule has 1 atom stereocenters. The van der Waals surface area contributed by atoms with Gasteiger partial charge in [0.1, 0.15) is 7.38 Å². The average Bonchev–Trinajstić information content (AvgIpc) is 2.57. The Kier molecular flexibility index (Phi) is 16.7. The Hall–Kier alpha value is -0.283. The first-order valence-corrected chi connectivity index (χ1v) is 15.1. The highest BCUT2D eigenvalue weighted by atomic mass is 35.6. The molecular formula is C22H43ClO2Si. The van der Waals surface area contributed by atoms with Gasteiger partial charge in [0, 0.05) is 6.08 Å². The van der Waals surface area contributed by atoms with Crippen molar-refractivity contribution >= 4 is 24.4 Å². The lowest BCUT2D eigenvalue weighted by atomic mass is 10.0. The molecular weight excluding hydrogens is 360 g/mol. The molecule has 26 heavy (non-hydrogen) atoms. The van der Waals surface area contributed by atoms with Crippen molar-refractivity contribution in [3.05, 3.63) is 12.7 Å². The van der Waals surface area contributed by atoms with Gasteiger partial charge in [0.25, 0.3) is 0 Å². The Bertz CT molecular complexity index is 353. The zero-order valence-corrected chi connectivity index (χ0v) is 19.4. The lowest BCUT2D eigenvalue weighted by Gasteiger charge is -2.11. The average molecular weight is 403 g/mol. The Balaban J connectivity index is 3.18. The van der Waals surface area contributed by atoms with Gasteiger partial charge in [-0.05, 0) is 25.8 Å². The molecule has 4 heteroatoms. The molecule has 0 heterocycles. The van der Waals surface area contributed by atoms with Crippen molar-refractivity contribution in [2.45, 2.75) is 122 Å². The summed E-state index contributed by atoms with van der Waals surface area (Å²) in [7, 11) is -1.33. The highest BCUT2D eigenvalue weighted by Crippen LogP contribution is 2.19. The number of esters is 1. The van der Waals surface area contributed by atoms with Crippen LogP contribution < -0.4 is 0 Å². The summed E-state index contributed by atoms with van der Waals surface area (Å²) >= 11 is 6.34. The van der Waals surface area contributed by atoms with Gasteiger partial charge < -0.3 is 4.74 Å². The van der Waals surface area contributed by atoms with Gasteiger partial charge in [-0.1, -0.05) is 96.7 Å². The van der Waals surface area contributed by atoms with Crippen molar-refractivity contribution < 1.29 is 9.53 Å². The third-order valence-electron chi connectivity index (χ3n) is 4.87. The molecule has 0 aromatic carbocycles. The first-order valence-electron chi connectivity index (χ1n) is 10.9. The van der Waals surface area contributed by atoms with E-state index >= 15 is 0 Å². The minimum Gasteiger partial charge on any atom is -0.460 e. The summed E-state index contributed by atoms with van der Waals surface area (Å²) in [6, 6.07) is 1.27. The number of carbonyl (C=O) groups is 1. The van der Waals surface area contributed by atoms with E-state index in [1.807, 2.05) is 6.92 Å². The van der Waals surface area contributed by atoms with Crippen LogP contribution in [-0.2, 0) is 9.53 Å². The van der Waals surface area contributed by atoms with Gasteiger partial charge in [-0.15, -0.1) is 0 Å². The van der Waals surface area contributed by atoms with E-state index in [2.05, 4.69) is 19.7 Å². The summed E-state index contributed by atoms with van der Waals surface area (Å²) in [5, 5.41) is 0. The Morgan fingerprint density at radius 2 is 1.27 bits per heavy atom. The molecule has 0 aliphatic carbocycles. The Morgan fingerprint density at radius 1 is 0.885 bits per heavy atom. The van der Waals surface area contributed by atoms with Crippen molar-refractivity contribution in [1.82, 2.24) is 0 Å². The maximum absolute atomic E-state index is 11.1. The summed E-state index contributed by atoms with van der Waals surface area (Å²) in [4.78, 5) is 11.1. The smallest absolute Gasteiger partial charge is 0.330 e. The largest absolute Gasteiger partial charge is 0.460 e. The van der Waals surface area contributed by atoms with Gasteiger partial charge in [-0.25, -0.2) is 4.79 Å². The van der Waals surface area contributed by atoms with E-state index in [0.717, 1.165) is 12.8 Å². The predicted molar refractivity (Wildman–Crippen MR) is 119 cm³/mol. The number of unbranched alkanes of at least 4 members (excludes halogenated alkanes) is 12. The van der Waals surface area contributed by atoms with Crippen LogP contribution in [0.5, 0.6) is 0 Å². The minimum atomic E-state index is -1.33. The van der Waals surface area contributed by atoms with Crippen LogP contribution >= 0.6 is 11.1 Å². The summed E-state index contributed by atoms with van der Waals surface area (Å²) in [5.41, 5.74) is 0. The van der Waals surface area contributed by atoms with Gasteiger partial charge in [0.2, 0.25) is 0 Å². The lowest BCUT2D eigenvalue weighted by Crippen LogP contribution is -2.14. The van der Waals surface area contributed by atoms with Crippen LogP contribution in [-0.4, -0.2) is 19.5 Å². The normalized spacial score (nSPS) is 12.8. The molecule has 0 saturated carbocycles. The summed E-state index contributed by atoms with van der Waals surface area (Å²) in [5.74, 6) is -0.307. The minimum absolute atomic E-state index is 0.0176. The van der Waals surface area contributed by atoms with Gasteiger partial charge >= 0.3 is 5.97 Å². The number of halogens is 1. The van der Waals surface area contributed by atoms with E-state index in [1.165, 1.54) is 89.2 Å². The zero-order chi connectivity index (χ0) is 19.7. The second-order valence-electron chi connectivity index (χ2n) is 8.31. The highest BCUT2D eigenvalue weighted by molar-refractivity contribution is 7.19. The van der Waals surface area contributed by atoms with Crippen molar-refractivity contribution in [1.29, 1.82) is 0 Å². The van der Waals surface area contributed by atoms with E-state index in [1.54, 1.807) is 0 Å². The standard InChI is InChI=1S/C22H43ClO2Si/c1-5-22(24)25-21(2)19-17-15-13-11-9-7-6-8-10-12-14-16-18-20-26(3,4)23/h5,21H,1,6-20H2,2-4H3. The molecule has 0 radical (unpaired) electrons. The Labute approximate surface area is 168 Å². The SMILES string of the molecule is C=CC(=O)OC(C)CCCCCCCCCCCCCCC[Si](C)(C)Cl. The second-order valence-corrected chi connectivity index (χ2v) is 15.3. The van der Waals surface area contributed by atoms with Crippen LogP contribution in [0.2, 0.25) is 19.1 Å². The van der Waals surface area contributed by atoms with E-state index < -0.39 is 7.38 Å². The third kappa shape index (κ3) is 20.0. The number of ether oxygens (including phenoxy) is 1. The third-order valence-corrected chi connectivity index (χ3v) is 6.98. The van der Waals surface area contributed by atoms with Crippen LogP contribution in [0, 0.1) is 0 Å². The summed E-state index contributed by atoms with van der Waals surface area (Å²) in [6.45, 7) is 9.87. The summed E-state index contributed by atoms with van der Waals surface area (Å²) in [6.07, 6.45) is 19.7. The summed E-state index contributed by atoms with van der Waals surface area (Å²) < 4.78 is 5.17. The number of hydrogen-bond acceptors (Lipinski definition) is 2. The molecule has 154 valence electrons. The first-order chi connectivity index (χ1) is 12.3. The first kappa shape index (κ1) is 25.7. The molecule has 0 amide bonds. The predicted octanol–water partition coefficient (Wildman–Crippen LogP) is 8.01. The molecule has 0 aliphatic heterocycles. The molecule has 0 aromatic heterocycles. The van der Waals surface area contributed by atoms with Gasteiger partial charge in [0.05, 0.1) is 6.10 Å². The molecule has 1 unspecified atom stereocenters. The van der Waals surface area contributed by atoms with Crippen LogP contribution in [0.25, 0.3) is 0 Å². The monoisotopic (exact) mass is 402 g/mol. The number of carbonyl (C=O) groups excluding carboxylic acids is 1. The van der Waals surface area contributed by atoms with Crippen LogP contribution in [0.1, 0.15) is 96.8 Å². The maximum atomic E-state index is 11.1. The van der Waals surface area contributed by atoms with E-state index in [4.69, 9.17) is 15.8 Å². The topological polar surface area (TPSA) is 26.3 Å². The number of hydrogen-bond donors (Lipinski definition) is 0. The fraction of sp³-hybridized carbons (Fsp3) is 0.864. The fourth-order valence-electron chi connectivity index (χ4n) is 3.23. The lowest BCUT2D eigenvalue weighted by molar-refractivity contribution is -0.142. The number of rotatable bonds is 18. The quantitative estimate of drug-likeness (QED) is 0.0762.